The number of ether oxygens (including phenoxy) is 1. The monoisotopic (exact) mass is 429 g/mol. The molecule has 2 aliphatic carbocycles. The molecule has 1 aromatic carbocycles. The third-order valence-corrected chi connectivity index (χ3v) is 8.00. The van der Waals surface area contributed by atoms with Crippen LogP contribution in [0.1, 0.15) is 63.0 Å². The van der Waals surface area contributed by atoms with E-state index in [4.69, 9.17) is 4.74 Å². The van der Waals surface area contributed by atoms with Crippen LogP contribution in [0.4, 0.5) is 4.79 Å². The van der Waals surface area contributed by atoms with E-state index in [-0.39, 0.29) is 17.6 Å². The molecule has 2 amide bonds. The van der Waals surface area contributed by atoms with E-state index in [1.807, 2.05) is 6.07 Å². The van der Waals surface area contributed by atoms with Crippen LogP contribution in [-0.2, 0) is 6.42 Å². The second-order valence-corrected chi connectivity index (χ2v) is 10.2. The molecule has 3 aliphatic rings. The van der Waals surface area contributed by atoms with Crippen LogP contribution in [-0.4, -0.2) is 60.0 Å². The summed E-state index contributed by atoms with van der Waals surface area (Å²) in [4.78, 5) is 14.2. The minimum atomic E-state index is -0.681. The first-order chi connectivity index (χ1) is 14.8. The van der Waals surface area contributed by atoms with Crippen molar-refractivity contribution in [1.82, 2.24) is 15.5 Å². The van der Waals surface area contributed by atoms with E-state index >= 15 is 0 Å². The molecule has 1 spiro atoms. The highest BCUT2D eigenvalue weighted by Gasteiger charge is 2.48. The van der Waals surface area contributed by atoms with E-state index in [0.29, 0.717) is 6.54 Å². The first kappa shape index (κ1) is 22.4. The fourth-order valence-electron chi connectivity index (χ4n) is 5.39. The molecule has 0 bridgehead atoms. The van der Waals surface area contributed by atoms with E-state index in [1.54, 1.807) is 7.11 Å². The number of nitrogens with one attached hydrogen (secondary N) is 2. The van der Waals surface area contributed by atoms with Crippen molar-refractivity contribution in [1.29, 1.82) is 0 Å². The van der Waals surface area contributed by atoms with Gasteiger partial charge in [-0.05, 0) is 101 Å². The largest absolute Gasteiger partial charge is 0.497 e. The van der Waals surface area contributed by atoms with E-state index < -0.39 is 5.60 Å². The molecule has 0 radical (unpaired) electrons. The van der Waals surface area contributed by atoms with Crippen molar-refractivity contribution < 1.29 is 14.6 Å². The lowest BCUT2D eigenvalue weighted by Crippen LogP contribution is -2.58. The van der Waals surface area contributed by atoms with Crippen LogP contribution in [0.2, 0.25) is 0 Å². The van der Waals surface area contributed by atoms with Crippen molar-refractivity contribution in [3.8, 4) is 5.75 Å². The Morgan fingerprint density at radius 1 is 1.26 bits per heavy atom. The summed E-state index contributed by atoms with van der Waals surface area (Å²) in [5, 5.41) is 17.6. The highest BCUT2D eigenvalue weighted by atomic mass is 16.5. The molecule has 1 saturated heterocycles. The molecule has 2 saturated carbocycles. The van der Waals surface area contributed by atoms with Crippen molar-refractivity contribution in [2.75, 3.05) is 26.7 Å². The standard InChI is InChI=1S/C25H39N3O3/c1-18-6-9-22(31-3)15-21(18)5-4-14-28(16-20-7-8-20)19(2)25(30)12-10-24(11-13-25)17-26-23(29)27-24/h6,9,15,19-20,30H,4-5,7-8,10-14,16-17H2,1-3H3,(H2,26,27,29). The number of carbonyl (C=O) groups excluding carboxylic acids is 1. The summed E-state index contributed by atoms with van der Waals surface area (Å²) in [6.45, 7) is 7.14. The molecule has 1 atom stereocenters. The quantitative estimate of drug-likeness (QED) is 0.563. The van der Waals surface area contributed by atoms with Gasteiger partial charge in [-0.1, -0.05) is 6.07 Å². The molecular formula is C25H39N3O3. The topological polar surface area (TPSA) is 73.8 Å². The van der Waals surface area contributed by atoms with Gasteiger partial charge in [0.15, 0.2) is 0 Å². The smallest absolute Gasteiger partial charge is 0.315 e. The van der Waals surface area contributed by atoms with Crippen LogP contribution in [0.5, 0.6) is 5.75 Å². The Balaban J connectivity index is 1.36. The first-order valence-electron chi connectivity index (χ1n) is 12.0. The van der Waals surface area contributed by atoms with Crippen LogP contribution in [0.25, 0.3) is 0 Å². The van der Waals surface area contributed by atoms with Gasteiger partial charge in [-0.3, -0.25) is 4.90 Å². The first-order valence-corrected chi connectivity index (χ1v) is 12.0. The van der Waals surface area contributed by atoms with Crippen LogP contribution >= 0.6 is 0 Å². The number of nitrogens with zero attached hydrogens (tertiary/aromatic N) is 1. The Labute approximate surface area is 186 Å². The van der Waals surface area contributed by atoms with Gasteiger partial charge >= 0.3 is 6.03 Å². The predicted octanol–water partition coefficient (Wildman–Crippen LogP) is 3.39. The van der Waals surface area contributed by atoms with Crippen molar-refractivity contribution >= 4 is 6.03 Å². The zero-order chi connectivity index (χ0) is 22.1. The number of methoxy groups -OCH3 is 1. The number of carbonyl (C=O) groups is 1. The molecule has 1 unspecified atom stereocenters. The number of benzene rings is 1. The van der Waals surface area contributed by atoms with Gasteiger partial charge in [0, 0.05) is 19.1 Å². The zero-order valence-electron chi connectivity index (χ0n) is 19.4. The number of rotatable bonds is 9. The fraction of sp³-hybridized carbons (Fsp3) is 0.720. The van der Waals surface area contributed by atoms with Gasteiger partial charge in [0.1, 0.15) is 5.75 Å². The van der Waals surface area contributed by atoms with Gasteiger partial charge in [0.05, 0.1) is 18.2 Å². The van der Waals surface area contributed by atoms with E-state index in [1.165, 1.54) is 24.0 Å². The third-order valence-electron chi connectivity index (χ3n) is 8.00. The number of amides is 2. The molecule has 3 fully saturated rings. The fourth-order valence-corrected chi connectivity index (χ4v) is 5.39. The second kappa shape index (κ2) is 8.99. The molecule has 1 heterocycles. The molecule has 0 aromatic heterocycles. The van der Waals surface area contributed by atoms with Crippen LogP contribution < -0.4 is 15.4 Å². The second-order valence-electron chi connectivity index (χ2n) is 10.2. The molecule has 1 aliphatic heterocycles. The van der Waals surface area contributed by atoms with Crippen LogP contribution in [0.15, 0.2) is 18.2 Å². The third kappa shape index (κ3) is 5.17. The summed E-state index contributed by atoms with van der Waals surface area (Å²) in [6.07, 6.45) is 7.90. The summed E-state index contributed by atoms with van der Waals surface area (Å²) >= 11 is 0. The Morgan fingerprint density at radius 2 is 2.00 bits per heavy atom. The highest BCUT2D eigenvalue weighted by molar-refractivity contribution is 5.77. The number of hydrogen-bond donors (Lipinski definition) is 3. The SMILES string of the molecule is COc1ccc(C)c(CCCN(CC2CC2)C(C)C2(O)CCC3(CC2)CNC(=O)N3)c1. The maximum atomic E-state index is 11.6. The lowest BCUT2D eigenvalue weighted by molar-refractivity contribution is -0.0792. The van der Waals surface area contributed by atoms with Crippen molar-refractivity contribution in [2.24, 2.45) is 5.92 Å². The zero-order valence-corrected chi connectivity index (χ0v) is 19.4. The summed E-state index contributed by atoms with van der Waals surface area (Å²) in [6, 6.07) is 6.37. The van der Waals surface area contributed by atoms with Crippen LogP contribution in [0, 0.1) is 12.8 Å². The van der Waals surface area contributed by atoms with Gasteiger partial charge in [-0.25, -0.2) is 4.79 Å². The number of hydrogen-bond acceptors (Lipinski definition) is 4. The molecule has 4 rings (SSSR count). The molecular weight excluding hydrogens is 390 g/mol. The Kier molecular flexibility index (Phi) is 6.50. The average Bonchev–Trinajstić information content (AvgIpc) is 3.51. The Bertz CT molecular complexity index is 784. The summed E-state index contributed by atoms with van der Waals surface area (Å²) in [5.74, 6) is 1.71. The lowest BCUT2D eigenvalue weighted by atomic mass is 9.71. The summed E-state index contributed by atoms with van der Waals surface area (Å²) in [5.41, 5.74) is 1.82. The number of aryl methyl sites for hydroxylation is 2. The van der Waals surface area contributed by atoms with Gasteiger partial charge in [0.2, 0.25) is 0 Å². The lowest BCUT2D eigenvalue weighted by Gasteiger charge is -2.47. The summed E-state index contributed by atoms with van der Waals surface area (Å²) in [7, 11) is 1.72. The van der Waals surface area contributed by atoms with E-state index in [9.17, 15) is 9.90 Å². The molecule has 1 aromatic rings. The molecule has 6 nitrogen and oxygen atoms in total. The van der Waals surface area contributed by atoms with Crippen molar-refractivity contribution in [3.63, 3.8) is 0 Å². The molecule has 172 valence electrons. The highest BCUT2D eigenvalue weighted by Crippen LogP contribution is 2.40. The van der Waals surface area contributed by atoms with Crippen LogP contribution in [0.3, 0.4) is 0 Å². The van der Waals surface area contributed by atoms with E-state index in [0.717, 1.165) is 63.3 Å². The average molecular weight is 430 g/mol. The maximum Gasteiger partial charge on any atom is 0.315 e. The number of aliphatic hydroxyl groups is 1. The minimum absolute atomic E-state index is 0.0679. The van der Waals surface area contributed by atoms with Gasteiger partial charge < -0.3 is 20.5 Å². The normalized spacial score (nSPS) is 29.1. The minimum Gasteiger partial charge on any atom is -0.497 e. The molecule has 3 N–H and O–H groups in total. The summed E-state index contributed by atoms with van der Waals surface area (Å²) < 4.78 is 5.40. The van der Waals surface area contributed by atoms with Gasteiger partial charge in [0.25, 0.3) is 0 Å². The molecule has 31 heavy (non-hydrogen) atoms. The van der Waals surface area contributed by atoms with E-state index in [2.05, 4.69) is 41.5 Å². The van der Waals surface area contributed by atoms with Crippen molar-refractivity contribution in [3.05, 3.63) is 29.3 Å². The van der Waals surface area contributed by atoms with Gasteiger partial charge in [-0.2, -0.15) is 0 Å². The molecule has 6 heteroatoms. The number of urea groups is 1. The Hall–Kier alpha value is -1.79. The Morgan fingerprint density at radius 3 is 2.61 bits per heavy atom. The van der Waals surface area contributed by atoms with Gasteiger partial charge in [-0.15, -0.1) is 0 Å². The van der Waals surface area contributed by atoms with Crippen molar-refractivity contribution in [2.45, 2.75) is 82.4 Å². The maximum absolute atomic E-state index is 11.6. The predicted molar refractivity (Wildman–Crippen MR) is 122 cm³/mol.